The lowest BCUT2D eigenvalue weighted by molar-refractivity contribution is -0.136. The molecule has 0 spiro atoms. The van der Waals surface area contributed by atoms with E-state index in [1.54, 1.807) is 11.6 Å². The summed E-state index contributed by atoms with van der Waals surface area (Å²) in [6.45, 7) is 3.62. The summed E-state index contributed by atoms with van der Waals surface area (Å²) >= 11 is 0. The van der Waals surface area contributed by atoms with Crippen LogP contribution in [0.4, 0.5) is 10.6 Å². The first-order valence-corrected chi connectivity index (χ1v) is 10.8. The van der Waals surface area contributed by atoms with Crippen LogP contribution >= 0.6 is 0 Å². The molecule has 172 valence electrons. The first-order valence-electron chi connectivity index (χ1n) is 10.8. The third-order valence-corrected chi connectivity index (χ3v) is 5.42. The van der Waals surface area contributed by atoms with Gasteiger partial charge in [-0.2, -0.15) is 0 Å². The minimum absolute atomic E-state index is 0.000126. The third kappa shape index (κ3) is 5.29. The van der Waals surface area contributed by atoms with E-state index in [1.807, 2.05) is 85.8 Å². The number of anilines is 1. The van der Waals surface area contributed by atoms with Gasteiger partial charge in [-0.05, 0) is 48.2 Å². The Kier molecular flexibility index (Phi) is 6.68. The molecular weight excluding hydrogens is 432 g/mol. The molecule has 0 saturated carbocycles. The van der Waals surface area contributed by atoms with Gasteiger partial charge in [0.2, 0.25) is 0 Å². The zero-order valence-corrected chi connectivity index (χ0v) is 18.8. The third-order valence-electron chi connectivity index (χ3n) is 5.42. The van der Waals surface area contributed by atoms with E-state index in [-0.39, 0.29) is 6.42 Å². The van der Waals surface area contributed by atoms with Gasteiger partial charge in [-0.15, -0.1) is 5.10 Å². The normalized spacial score (nSPS) is 11.6. The molecule has 2 N–H and O–H groups in total. The monoisotopic (exact) mass is 456 g/mol. The van der Waals surface area contributed by atoms with Crippen LogP contribution in [0.5, 0.6) is 0 Å². The Bertz CT molecular complexity index is 1280. The summed E-state index contributed by atoms with van der Waals surface area (Å²) in [5.41, 5.74) is 5.07. The van der Waals surface area contributed by atoms with Crippen molar-refractivity contribution in [1.82, 2.24) is 15.0 Å². The fourth-order valence-electron chi connectivity index (χ4n) is 3.55. The Morgan fingerprint density at radius 1 is 0.971 bits per heavy atom. The predicted octanol–water partition coefficient (Wildman–Crippen LogP) is 5.18. The fraction of sp³-hybridized carbons (Fsp3) is 0.154. The molecule has 0 unspecified atom stereocenters. The van der Waals surface area contributed by atoms with Gasteiger partial charge in [-0.1, -0.05) is 71.9 Å². The van der Waals surface area contributed by atoms with Crippen molar-refractivity contribution in [2.75, 3.05) is 5.32 Å². The van der Waals surface area contributed by atoms with E-state index in [0.717, 1.165) is 27.9 Å². The Morgan fingerprint density at radius 2 is 1.59 bits per heavy atom. The largest absolute Gasteiger partial charge is 0.481 e. The first kappa shape index (κ1) is 22.7. The zero-order valence-electron chi connectivity index (χ0n) is 18.8. The number of benzene rings is 3. The molecule has 1 amide bonds. The lowest BCUT2D eigenvalue weighted by Crippen LogP contribution is -2.17. The smallest absolute Gasteiger partial charge is 0.413 e. The lowest BCUT2D eigenvalue weighted by atomic mass is 10.0. The number of hydrogen-bond donors (Lipinski definition) is 2. The van der Waals surface area contributed by atoms with Crippen molar-refractivity contribution in [3.8, 4) is 16.8 Å². The maximum Gasteiger partial charge on any atom is 0.413 e. The van der Waals surface area contributed by atoms with Crippen molar-refractivity contribution in [3.05, 3.63) is 95.7 Å². The molecule has 0 aliphatic rings. The molecule has 0 fully saturated rings. The molecule has 0 aliphatic heterocycles. The van der Waals surface area contributed by atoms with Crippen LogP contribution in [0.1, 0.15) is 29.8 Å². The molecule has 1 atom stereocenters. The Balaban J connectivity index is 1.43. The van der Waals surface area contributed by atoms with Gasteiger partial charge in [-0.25, -0.2) is 9.48 Å². The number of carboxylic acids is 1. The summed E-state index contributed by atoms with van der Waals surface area (Å²) < 4.78 is 7.08. The van der Waals surface area contributed by atoms with Gasteiger partial charge in [0.25, 0.3) is 0 Å². The number of carbonyl (C=O) groups is 2. The van der Waals surface area contributed by atoms with Crippen LogP contribution in [0.3, 0.4) is 0 Å². The van der Waals surface area contributed by atoms with E-state index in [9.17, 15) is 9.59 Å². The average molecular weight is 457 g/mol. The molecule has 8 heteroatoms. The predicted molar refractivity (Wildman–Crippen MR) is 128 cm³/mol. The van der Waals surface area contributed by atoms with Crippen LogP contribution in [0, 0.1) is 6.92 Å². The second kappa shape index (κ2) is 9.99. The van der Waals surface area contributed by atoms with Gasteiger partial charge in [-0.3, -0.25) is 10.1 Å². The Labute approximate surface area is 196 Å². The summed E-state index contributed by atoms with van der Waals surface area (Å²) in [5, 5.41) is 19.8. The molecule has 4 aromatic rings. The number of rotatable bonds is 7. The van der Waals surface area contributed by atoms with Gasteiger partial charge in [0, 0.05) is 0 Å². The summed E-state index contributed by atoms with van der Waals surface area (Å²) in [4.78, 5) is 23.2. The summed E-state index contributed by atoms with van der Waals surface area (Å²) in [6.07, 6.45) is -1.00. The molecule has 1 heterocycles. The number of aliphatic carboxylic acids is 1. The second-order valence-electron chi connectivity index (χ2n) is 7.83. The number of amides is 1. The van der Waals surface area contributed by atoms with Gasteiger partial charge >= 0.3 is 12.1 Å². The summed E-state index contributed by atoms with van der Waals surface area (Å²) in [5.74, 6) is -0.531. The molecule has 1 aromatic heterocycles. The van der Waals surface area contributed by atoms with Crippen LogP contribution in [-0.4, -0.2) is 32.2 Å². The van der Waals surface area contributed by atoms with E-state index < -0.39 is 18.2 Å². The quantitative estimate of drug-likeness (QED) is 0.397. The second-order valence-corrected chi connectivity index (χ2v) is 7.83. The molecular formula is C26H24N4O4. The van der Waals surface area contributed by atoms with E-state index in [4.69, 9.17) is 9.84 Å². The van der Waals surface area contributed by atoms with Gasteiger partial charge in [0.1, 0.15) is 6.10 Å². The van der Waals surface area contributed by atoms with Gasteiger partial charge < -0.3 is 9.84 Å². The van der Waals surface area contributed by atoms with Crippen LogP contribution in [0.25, 0.3) is 16.8 Å². The van der Waals surface area contributed by atoms with Crippen LogP contribution < -0.4 is 5.32 Å². The van der Waals surface area contributed by atoms with Gasteiger partial charge in [0.15, 0.2) is 5.82 Å². The lowest BCUT2D eigenvalue weighted by Gasteiger charge is -2.13. The molecule has 4 rings (SSSR count). The Morgan fingerprint density at radius 3 is 2.21 bits per heavy atom. The van der Waals surface area contributed by atoms with Crippen molar-refractivity contribution >= 4 is 17.9 Å². The highest BCUT2D eigenvalue weighted by Gasteiger charge is 2.16. The van der Waals surface area contributed by atoms with Gasteiger partial charge in [0.05, 0.1) is 17.8 Å². The van der Waals surface area contributed by atoms with E-state index in [2.05, 4.69) is 15.6 Å². The van der Waals surface area contributed by atoms with Crippen LogP contribution in [0.2, 0.25) is 0 Å². The number of nitrogens with one attached hydrogen (secondary N) is 1. The topological polar surface area (TPSA) is 106 Å². The minimum atomic E-state index is -0.854. The summed E-state index contributed by atoms with van der Waals surface area (Å²) in [7, 11) is 0. The zero-order chi connectivity index (χ0) is 24.1. The van der Waals surface area contributed by atoms with Crippen LogP contribution in [-0.2, 0) is 16.0 Å². The minimum Gasteiger partial charge on any atom is -0.481 e. The highest BCUT2D eigenvalue weighted by atomic mass is 16.6. The molecule has 0 radical (unpaired) electrons. The number of aromatic nitrogens is 3. The number of carboxylic acid groups (broad SMARTS) is 1. The van der Waals surface area contributed by atoms with E-state index >= 15 is 0 Å². The number of carbonyl (C=O) groups excluding carboxylic acids is 1. The highest BCUT2D eigenvalue weighted by Crippen LogP contribution is 2.24. The standard InChI is InChI=1S/C26H24N4O4/c1-17-25(27-26(33)34-18(2)20-6-4-3-5-7-20)28-29-30(17)23-14-12-22(13-15-23)21-10-8-19(9-11-21)16-24(31)32/h3-15,18H,16H2,1-2H3,(H,27,33)(H,31,32)/t18-/m1/s1. The first-order chi connectivity index (χ1) is 16.4. The van der Waals surface area contributed by atoms with E-state index in [0.29, 0.717) is 11.5 Å². The van der Waals surface area contributed by atoms with Crippen molar-refractivity contribution < 1.29 is 19.4 Å². The maximum atomic E-state index is 12.3. The van der Waals surface area contributed by atoms with Crippen molar-refractivity contribution in [1.29, 1.82) is 0 Å². The number of ether oxygens (including phenoxy) is 1. The van der Waals surface area contributed by atoms with Crippen molar-refractivity contribution in [3.63, 3.8) is 0 Å². The Hall–Kier alpha value is -4.46. The number of hydrogen-bond acceptors (Lipinski definition) is 5. The fourth-order valence-corrected chi connectivity index (χ4v) is 3.55. The maximum absolute atomic E-state index is 12.3. The average Bonchev–Trinajstić information content (AvgIpc) is 3.19. The molecule has 8 nitrogen and oxygen atoms in total. The van der Waals surface area contributed by atoms with Crippen molar-refractivity contribution in [2.24, 2.45) is 0 Å². The molecule has 0 aliphatic carbocycles. The highest BCUT2D eigenvalue weighted by molar-refractivity contribution is 5.84. The molecule has 34 heavy (non-hydrogen) atoms. The SMILES string of the molecule is Cc1c(NC(=O)O[C@H](C)c2ccccc2)nnn1-c1ccc(-c2ccc(CC(=O)O)cc2)cc1. The van der Waals surface area contributed by atoms with Crippen molar-refractivity contribution in [2.45, 2.75) is 26.4 Å². The molecule has 3 aromatic carbocycles. The number of nitrogens with zero attached hydrogens (tertiary/aromatic N) is 3. The molecule has 0 bridgehead atoms. The summed E-state index contributed by atoms with van der Waals surface area (Å²) in [6, 6.07) is 24.6. The van der Waals surface area contributed by atoms with Crippen LogP contribution in [0.15, 0.2) is 78.9 Å². The molecule has 0 saturated heterocycles. The van der Waals surface area contributed by atoms with E-state index in [1.165, 1.54) is 0 Å².